The number of fused-ring (bicyclic) bond motifs is 7. The highest BCUT2D eigenvalue weighted by atomic mass is 16.2. The number of carbonyl (C=O) groups is 2. The molecule has 0 aliphatic carbocycles. The molecule has 124 valence electrons. The van der Waals surface area contributed by atoms with Crippen LogP contribution < -0.4 is 4.90 Å². The Morgan fingerprint density at radius 2 is 1.72 bits per heavy atom. The fourth-order valence-electron chi connectivity index (χ4n) is 4.04. The van der Waals surface area contributed by atoms with Gasteiger partial charge in [-0.2, -0.15) is 0 Å². The summed E-state index contributed by atoms with van der Waals surface area (Å²) in [6.45, 7) is 0.764. The summed E-state index contributed by atoms with van der Waals surface area (Å²) in [5.74, 6) is -0.0846. The van der Waals surface area contributed by atoms with Crippen LogP contribution in [0.2, 0.25) is 0 Å². The first-order chi connectivity index (χ1) is 12.1. The van der Waals surface area contributed by atoms with Gasteiger partial charge in [0.25, 0.3) is 5.91 Å². The Balaban J connectivity index is 1.85. The number of benzene rings is 2. The first-order valence-corrected chi connectivity index (χ1v) is 8.38. The molecule has 3 aromatic rings. The molecule has 2 aliphatic heterocycles. The Labute approximate surface area is 145 Å². The summed E-state index contributed by atoms with van der Waals surface area (Å²) in [7, 11) is 1.70. The van der Waals surface area contributed by atoms with Gasteiger partial charge in [0.1, 0.15) is 0 Å². The first kappa shape index (κ1) is 14.3. The maximum absolute atomic E-state index is 13.0. The average molecular weight is 331 g/mol. The van der Waals surface area contributed by atoms with E-state index in [0.29, 0.717) is 6.54 Å². The molecule has 2 aliphatic rings. The molecule has 2 amide bonds. The second-order valence-electron chi connectivity index (χ2n) is 6.70. The van der Waals surface area contributed by atoms with Crippen molar-refractivity contribution < 1.29 is 9.59 Å². The molecule has 5 heteroatoms. The minimum absolute atomic E-state index is 0.0413. The number of rotatable bonds is 0. The van der Waals surface area contributed by atoms with Crippen molar-refractivity contribution in [3.63, 3.8) is 0 Å². The van der Waals surface area contributed by atoms with Crippen LogP contribution in [0.25, 0.3) is 10.9 Å². The predicted molar refractivity (Wildman–Crippen MR) is 95.3 cm³/mol. The minimum atomic E-state index is -0.609. The van der Waals surface area contributed by atoms with E-state index in [2.05, 4.69) is 10.6 Å². The molecule has 25 heavy (non-hydrogen) atoms. The number of amides is 2. The third kappa shape index (κ3) is 1.89. The number of nitrogens with zero attached hydrogens (tertiary/aromatic N) is 3. The molecule has 0 N–H and O–H groups in total. The van der Waals surface area contributed by atoms with Crippen LogP contribution in [0.1, 0.15) is 17.3 Å². The molecular weight excluding hydrogens is 314 g/mol. The van der Waals surface area contributed by atoms with E-state index < -0.39 is 6.04 Å². The lowest BCUT2D eigenvalue weighted by molar-refractivity contribution is -0.140. The maximum atomic E-state index is 13.0. The summed E-state index contributed by atoms with van der Waals surface area (Å²) in [5, 5.41) is 1.09. The zero-order valence-electron chi connectivity index (χ0n) is 13.8. The lowest BCUT2D eigenvalue weighted by Gasteiger charge is -2.38. The van der Waals surface area contributed by atoms with Gasteiger partial charge in [0, 0.05) is 12.6 Å². The Morgan fingerprint density at radius 3 is 2.60 bits per heavy atom. The van der Waals surface area contributed by atoms with Gasteiger partial charge in [-0.05, 0) is 29.1 Å². The van der Waals surface area contributed by atoms with Crippen molar-refractivity contribution in [1.82, 2.24) is 9.47 Å². The number of hydrogen-bond acceptors (Lipinski definition) is 2. The van der Waals surface area contributed by atoms with E-state index in [1.165, 1.54) is 4.90 Å². The zero-order chi connectivity index (χ0) is 17.1. The van der Waals surface area contributed by atoms with Gasteiger partial charge < -0.3 is 9.47 Å². The molecule has 1 unspecified atom stereocenters. The molecule has 1 aromatic heterocycles. The number of likely N-dealkylation sites (N-methyl/N-ethyl adjacent to an activating group) is 1. The largest absolute Gasteiger partial charge is 0.338 e. The Hall–Kier alpha value is -3.08. The Bertz CT molecular complexity index is 1040. The van der Waals surface area contributed by atoms with Crippen molar-refractivity contribution in [2.75, 3.05) is 18.5 Å². The molecule has 0 bridgehead atoms. The molecule has 2 aromatic carbocycles. The Kier molecular flexibility index (Phi) is 2.83. The van der Waals surface area contributed by atoms with Crippen molar-refractivity contribution in [3.8, 4) is 0 Å². The number of piperazine rings is 1. The van der Waals surface area contributed by atoms with Gasteiger partial charge in [-0.25, -0.2) is 0 Å². The number of aromatic nitrogens is 1. The van der Waals surface area contributed by atoms with E-state index >= 15 is 0 Å². The summed E-state index contributed by atoms with van der Waals surface area (Å²) in [5.41, 5.74) is 3.86. The summed E-state index contributed by atoms with van der Waals surface area (Å²) in [4.78, 5) is 29.1. The SMILES string of the molecule is CN1CC(=O)N2c3ccccc3Cn3c(cc4ccccc43)C2C1=O. The van der Waals surface area contributed by atoms with Gasteiger partial charge in [-0.3, -0.25) is 14.5 Å². The van der Waals surface area contributed by atoms with Gasteiger partial charge in [0.05, 0.1) is 24.5 Å². The lowest BCUT2D eigenvalue weighted by Crippen LogP contribution is -2.54. The van der Waals surface area contributed by atoms with E-state index in [0.717, 1.165) is 27.8 Å². The molecular formula is C20H17N3O2. The number of carbonyl (C=O) groups excluding carboxylic acids is 2. The van der Waals surface area contributed by atoms with Crippen molar-refractivity contribution in [2.45, 2.75) is 12.6 Å². The van der Waals surface area contributed by atoms with Crippen LogP contribution in [0.3, 0.4) is 0 Å². The topological polar surface area (TPSA) is 45.6 Å². The van der Waals surface area contributed by atoms with Gasteiger partial charge in [-0.1, -0.05) is 36.4 Å². The van der Waals surface area contributed by atoms with Gasteiger partial charge >= 0.3 is 0 Å². The fraction of sp³-hybridized carbons (Fsp3) is 0.200. The summed E-state index contributed by atoms with van der Waals surface area (Å²) < 4.78 is 2.17. The molecule has 1 saturated heterocycles. The summed E-state index contributed by atoms with van der Waals surface area (Å²) in [6.07, 6.45) is 0. The van der Waals surface area contributed by atoms with Crippen LogP contribution in [0, 0.1) is 0 Å². The quantitative estimate of drug-likeness (QED) is 0.635. The van der Waals surface area contributed by atoms with Gasteiger partial charge in [0.15, 0.2) is 6.04 Å². The summed E-state index contributed by atoms with van der Waals surface area (Å²) in [6, 6.07) is 17.4. The lowest BCUT2D eigenvalue weighted by atomic mass is 10.0. The molecule has 1 fully saturated rings. The minimum Gasteiger partial charge on any atom is -0.338 e. The monoisotopic (exact) mass is 331 g/mol. The number of para-hydroxylation sites is 2. The van der Waals surface area contributed by atoms with Crippen LogP contribution >= 0.6 is 0 Å². The molecule has 5 rings (SSSR count). The molecule has 0 spiro atoms. The number of hydrogen-bond donors (Lipinski definition) is 0. The highest BCUT2D eigenvalue weighted by Gasteiger charge is 2.43. The highest BCUT2D eigenvalue weighted by Crippen LogP contribution is 2.40. The predicted octanol–water partition coefficient (Wildman–Crippen LogP) is 2.55. The third-order valence-electron chi connectivity index (χ3n) is 5.21. The van der Waals surface area contributed by atoms with E-state index in [1.807, 2.05) is 48.5 Å². The standard InChI is InChI=1S/C20H17N3O2/c1-21-12-18(24)23-16-9-5-3-7-14(16)11-22-15-8-4-2-6-13(15)10-17(22)19(23)20(21)25/h2-10,19H,11-12H2,1H3. The van der Waals surface area contributed by atoms with Crippen LogP contribution in [-0.4, -0.2) is 34.9 Å². The van der Waals surface area contributed by atoms with Crippen molar-refractivity contribution in [1.29, 1.82) is 0 Å². The van der Waals surface area contributed by atoms with E-state index in [9.17, 15) is 9.59 Å². The van der Waals surface area contributed by atoms with Crippen LogP contribution in [-0.2, 0) is 16.1 Å². The highest BCUT2D eigenvalue weighted by molar-refractivity contribution is 6.07. The third-order valence-corrected chi connectivity index (χ3v) is 5.21. The first-order valence-electron chi connectivity index (χ1n) is 8.38. The van der Waals surface area contributed by atoms with Crippen molar-refractivity contribution in [2.24, 2.45) is 0 Å². The second kappa shape index (κ2) is 4.96. The normalized spacial score (nSPS) is 19.5. The molecule has 3 heterocycles. The van der Waals surface area contributed by atoms with E-state index in [-0.39, 0.29) is 18.4 Å². The van der Waals surface area contributed by atoms with E-state index in [1.54, 1.807) is 11.9 Å². The van der Waals surface area contributed by atoms with Gasteiger partial charge in [0.2, 0.25) is 5.91 Å². The van der Waals surface area contributed by atoms with Crippen LogP contribution in [0.4, 0.5) is 5.69 Å². The maximum Gasteiger partial charge on any atom is 0.252 e. The van der Waals surface area contributed by atoms with E-state index in [4.69, 9.17) is 0 Å². The average Bonchev–Trinajstić information content (AvgIpc) is 2.89. The molecule has 5 nitrogen and oxygen atoms in total. The number of anilines is 1. The Morgan fingerprint density at radius 1 is 0.960 bits per heavy atom. The smallest absolute Gasteiger partial charge is 0.252 e. The molecule has 0 saturated carbocycles. The molecule has 1 atom stereocenters. The van der Waals surface area contributed by atoms with Crippen molar-refractivity contribution >= 4 is 28.4 Å². The van der Waals surface area contributed by atoms with Crippen LogP contribution in [0.15, 0.2) is 54.6 Å². The van der Waals surface area contributed by atoms with Crippen molar-refractivity contribution in [3.05, 3.63) is 65.9 Å². The zero-order valence-corrected chi connectivity index (χ0v) is 13.8. The second-order valence-corrected chi connectivity index (χ2v) is 6.70. The van der Waals surface area contributed by atoms with Gasteiger partial charge in [-0.15, -0.1) is 0 Å². The summed E-state index contributed by atoms with van der Waals surface area (Å²) >= 11 is 0. The fourth-order valence-corrected chi connectivity index (χ4v) is 4.04. The van der Waals surface area contributed by atoms with Crippen LogP contribution in [0.5, 0.6) is 0 Å². The molecule has 0 radical (unpaired) electrons.